The average molecular weight is 707 g/mol. The number of imidazole rings is 1. The van der Waals surface area contributed by atoms with Crippen molar-refractivity contribution in [1.82, 2.24) is 19.0 Å². The third kappa shape index (κ3) is 7.21. The van der Waals surface area contributed by atoms with E-state index in [0.29, 0.717) is 58.5 Å². The van der Waals surface area contributed by atoms with E-state index in [-0.39, 0.29) is 31.9 Å². The number of H-pyrrole nitrogens is 1. The second-order valence-electron chi connectivity index (χ2n) is 14.0. The maximum absolute atomic E-state index is 14.6. The van der Waals surface area contributed by atoms with Gasteiger partial charge in [-0.25, -0.2) is 14.2 Å². The SMILES string of the molecule is Cc1cc(N=C(C2=C(N)CCN(C(=O)c3cc4cc(C5CCOCC5)ccc4[nH]3)C2)n2ccn(-c3ccc(CP(C)C)cc3)c2=O)cc(C)c1F. The van der Waals surface area contributed by atoms with Gasteiger partial charge in [0.15, 0.2) is 0 Å². The van der Waals surface area contributed by atoms with Crippen molar-refractivity contribution < 1.29 is 13.9 Å². The van der Waals surface area contributed by atoms with Gasteiger partial charge in [-0.3, -0.25) is 13.9 Å². The Bertz CT molecular complexity index is 2200. The Morgan fingerprint density at radius 2 is 1.75 bits per heavy atom. The first-order valence-electron chi connectivity index (χ1n) is 17.4. The Morgan fingerprint density at radius 3 is 2.45 bits per heavy atom. The summed E-state index contributed by atoms with van der Waals surface area (Å²) in [6.07, 6.45) is 6.78. The minimum absolute atomic E-state index is 0.0906. The van der Waals surface area contributed by atoms with Crippen molar-refractivity contribution in [2.45, 2.75) is 45.2 Å². The maximum atomic E-state index is 14.6. The van der Waals surface area contributed by atoms with E-state index in [0.717, 1.165) is 48.8 Å². The third-order valence-electron chi connectivity index (χ3n) is 9.89. The van der Waals surface area contributed by atoms with Crippen LogP contribution in [0.5, 0.6) is 0 Å². The number of aromatic nitrogens is 3. The molecule has 3 N–H and O–H groups in total. The summed E-state index contributed by atoms with van der Waals surface area (Å²) in [7, 11) is -0.0906. The molecule has 7 rings (SSSR count). The number of aliphatic imine (C=N–C) groups is 1. The summed E-state index contributed by atoms with van der Waals surface area (Å²) in [5.74, 6) is 0.289. The maximum Gasteiger partial charge on any atom is 0.338 e. The Hall–Kier alpha value is -4.79. The van der Waals surface area contributed by atoms with Crippen molar-refractivity contribution >= 4 is 36.3 Å². The predicted molar refractivity (Wildman–Crippen MR) is 204 cm³/mol. The zero-order chi connectivity index (χ0) is 35.8. The smallest absolute Gasteiger partial charge is 0.338 e. The van der Waals surface area contributed by atoms with Crippen LogP contribution in [0.15, 0.2) is 94.1 Å². The van der Waals surface area contributed by atoms with Gasteiger partial charge in [0, 0.05) is 60.7 Å². The van der Waals surface area contributed by atoms with E-state index in [4.69, 9.17) is 15.5 Å². The number of carbonyl (C=O) groups is 1. The Labute approximate surface area is 298 Å². The molecule has 1 fully saturated rings. The largest absolute Gasteiger partial charge is 0.402 e. The van der Waals surface area contributed by atoms with Gasteiger partial charge < -0.3 is 20.4 Å². The van der Waals surface area contributed by atoms with Crippen LogP contribution in [0, 0.1) is 19.7 Å². The fraction of sp³-hybridized carbons (Fsp3) is 0.325. The minimum Gasteiger partial charge on any atom is -0.402 e. The number of nitrogens with zero attached hydrogens (tertiary/aromatic N) is 4. The quantitative estimate of drug-likeness (QED) is 0.105. The zero-order valence-electron chi connectivity index (χ0n) is 29.6. The first kappa shape index (κ1) is 34.6. The summed E-state index contributed by atoms with van der Waals surface area (Å²) in [5.41, 5.74) is 13.5. The van der Waals surface area contributed by atoms with Gasteiger partial charge in [0.05, 0.1) is 17.9 Å². The molecular weight excluding hydrogens is 662 g/mol. The lowest BCUT2D eigenvalue weighted by Gasteiger charge is -2.30. The molecule has 264 valence electrons. The van der Waals surface area contributed by atoms with Crippen LogP contribution in [0.1, 0.15) is 57.9 Å². The second kappa shape index (κ2) is 14.4. The molecule has 0 radical (unpaired) electrons. The van der Waals surface area contributed by atoms with E-state index < -0.39 is 0 Å². The molecule has 2 aliphatic heterocycles. The highest BCUT2D eigenvalue weighted by atomic mass is 31.1. The molecule has 2 aliphatic rings. The molecular formula is C40H44FN6O3P. The average Bonchev–Trinajstić information content (AvgIpc) is 3.73. The predicted octanol–water partition coefficient (Wildman–Crippen LogP) is 7.35. The molecule has 51 heavy (non-hydrogen) atoms. The lowest BCUT2D eigenvalue weighted by molar-refractivity contribution is 0.0761. The van der Waals surface area contributed by atoms with Crippen LogP contribution in [-0.4, -0.2) is 70.4 Å². The van der Waals surface area contributed by atoms with Gasteiger partial charge in [0.1, 0.15) is 17.3 Å². The van der Waals surface area contributed by atoms with E-state index >= 15 is 0 Å². The van der Waals surface area contributed by atoms with Crippen LogP contribution in [0.25, 0.3) is 16.6 Å². The molecule has 0 spiro atoms. The monoisotopic (exact) mass is 706 g/mol. The summed E-state index contributed by atoms with van der Waals surface area (Å²) >= 11 is 0. The van der Waals surface area contributed by atoms with Gasteiger partial charge in [-0.1, -0.05) is 18.2 Å². The van der Waals surface area contributed by atoms with E-state index in [1.165, 1.54) is 15.7 Å². The number of nitrogens with two attached hydrogens (primary N) is 1. The van der Waals surface area contributed by atoms with E-state index in [1.54, 1.807) is 47.8 Å². The number of nitrogens with one attached hydrogen (secondary N) is 1. The lowest BCUT2D eigenvalue weighted by atomic mass is 9.91. The van der Waals surface area contributed by atoms with E-state index in [9.17, 15) is 14.0 Å². The standard InChI is InChI=1S/C40H44FN6O3P/c1-25-19-31(20-26(2)37(25)41)43-38(47-16-15-46(40(47)49)32-8-5-27(6-9-32)24-51(3)4)33-23-45(14-11-34(33)42)39(48)36-22-30-21-29(7-10-35(30)44-36)28-12-17-50-18-13-28/h5-10,15-16,19-22,28,44H,11-14,17-18,23-24,42H2,1-4H3. The van der Waals surface area contributed by atoms with Crippen LogP contribution in [0.3, 0.4) is 0 Å². The number of hydrogen-bond donors (Lipinski definition) is 2. The summed E-state index contributed by atoms with van der Waals surface area (Å²) < 4.78 is 23.2. The number of hydrogen-bond acceptors (Lipinski definition) is 5. The molecule has 0 bridgehead atoms. The normalized spacial score (nSPS) is 16.1. The highest BCUT2D eigenvalue weighted by molar-refractivity contribution is 7.55. The molecule has 0 atom stereocenters. The van der Waals surface area contributed by atoms with Crippen LogP contribution in [0.2, 0.25) is 0 Å². The van der Waals surface area contributed by atoms with Crippen molar-refractivity contribution in [3.05, 3.63) is 129 Å². The summed E-state index contributed by atoms with van der Waals surface area (Å²) in [5, 5.41) is 0.991. The number of ether oxygens (including phenoxy) is 1. The van der Waals surface area contributed by atoms with Gasteiger partial charge in [0.2, 0.25) is 0 Å². The Morgan fingerprint density at radius 1 is 1.02 bits per heavy atom. The van der Waals surface area contributed by atoms with Gasteiger partial charge >= 0.3 is 5.69 Å². The number of fused-ring (bicyclic) bond motifs is 1. The van der Waals surface area contributed by atoms with Crippen molar-refractivity contribution in [3.8, 4) is 5.69 Å². The highest BCUT2D eigenvalue weighted by Crippen LogP contribution is 2.32. The van der Waals surface area contributed by atoms with Crippen LogP contribution >= 0.6 is 7.92 Å². The van der Waals surface area contributed by atoms with Gasteiger partial charge in [-0.2, -0.15) is 0 Å². The molecule has 5 aromatic rings. The van der Waals surface area contributed by atoms with Gasteiger partial charge in [0.25, 0.3) is 5.91 Å². The number of amides is 1. The highest BCUT2D eigenvalue weighted by Gasteiger charge is 2.29. The van der Waals surface area contributed by atoms with Crippen LogP contribution in [-0.2, 0) is 10.9 Å². The first-order valence-corrected chi connectivity index (χ1v) is 19.8. The molecule has 4 heterocycles. The lowest BCUT2D eigenvalue weighted by Crippen LogP contribution is -2.42. The van der Waals surface area contributed by atoms with Crippen molar-refractivity contribution in [2.24, 2.45) is 10.7 Å². The Balaban J connectivity index is 1.23. The van der Waals surface area contributed by atoms with E-state index in [1.807, 2.05) is 24.3 Å². The fourth-order valence-corrected chi connectivity index (χ4v) is 8.07. The minimum atomic E-state index is -0.329. The molecule has 11 heteroatoms. The molecule has 1 amide bonds. The topological polar surface area (TPSA) is 111 Å². The molecule has 0 unspecified atom stereocenters. The number of benzene rings is 3. The molecule has 0 aliphatic carbocycles. The summed E-state index contributed by atoms with van der Waals surface area (Å²) in [6.45, 7) is 9.95. The third-order valence-corrected chi connectivity index (χ3v) is 10.9. The van der Waals surface area contributed by atoms with E-state index in [2.05, 4.69) is 42.6 Å². The first-order chi connectivity index (χ1) is 24.5. The number of rotatable bonds is 7. The van der Waals surface area contributed by atoms with Crippen molar-refractivity contribution in [3.63, 3.8) is 0 Å². The number of halogens is 1. The van der Waals surface area contributed by atoms with Crippen molar-refractivity contribution in [2.75, 3.05) is 39.6 Å². The number of carbonyl (C=O) groups excluding carboxylic acids is 1. The molecule has 0 saturated carbocycles. The van der Waals surface area contributed by atoms with Crippen LogP contribution in [0.4, 0.5) is 10.1 Å². The van der Waals surface area contributed by atoms with Crippen LogP contribution < -0.4 is 11.4 Å². The molecule has 3 aromatic carbocycles. The molecule has 9 nitrogen and oxygen atoms in total. The van der Waals surface area contributed by atoms with Crippen molar-refractivity contribution in [1.29, 1.82) is 0 Å². The summed E-state index contributed by atoms with van der Waals surface area (Å²) in [6, 6.07) is 19.6. The molecule has 2 aromatic heterocycles. The summed E-state index contributed by atoms with van der Waals surface area (Å²) in [4.78, 5) is 38.2. The Kier molecular flexibility index (Phi) is 9.81. The fourth-order valence-electron chi connectivity index (χ4n) is 7.13. The second-order valence-corrected chi connectivity index (χ2v) is 16.4. The number of aromatic amines is 1. The van der Waals surface area contributed by atoms with Gasteiger partial charge in [-0.05, 0) is 117 Å². The molecule has 1 saturated heterocycles. The van der Waals surface area contributed by atoms with Gasteiger partial charge in [-0.15, -0.1) is 7.92 Å². The number of aryl methyl sites for hydroxylation is 2. The zero-order valence-corrected chi connectivity index (χ0v) is 30.5.